The summed E-state index contributed by atoms with van der Waals surface area (Å²) in [5, 5.41) is 0.200. The van der Waals surface area contributed by atoms with Crippen LogP contribution >= 0.6 is 9.24 Å². The van der Waals surface area contributed by atoms with Gasteiger partial charge in [-0.1, -0.05) is 56.7 Å². The molecule has 3 rings (SSSR count). The summed E-state index contributed by atoms with van der Waals surface area (Å²) in [7, 11) is 2.85. The van der Waals surface area contributed by atoms with Gasteiger partial charge >= 0.3 is 0 Å². The van der Waals surface area contributed by atoms with Crippen LogP contribution in [0.1, 0.15) is 61.4 Å². The molecule has 2 nitrogen and oxygen atoms in total. The molecule has 124 valence electrons. The summed E-state index contributed by atoms with van der Waals surface area (Å²) < 4.78 is 0. The van der Waals surface area contributed by atoms with Crippen molar-refractivity contribution in [2.75, 3.05) is 5.73 Å². The van der Waals surface area contributed by atoms with Crippen LogP contribution in [0.2, 0.25) is 0 Å². The molecule has 0 heterocycles. The van der Waals surface area contributed by atoms with Gasteiger partial charge in [0.25, 0.3) is 0 Å². The number of hydrogen-bond acceptors (Lipinski definition) is 2. The van der Waals surface area contributed by atoms with E-state index in [9.17, 15) is 0 Å². The van der Waals surface area contributed by atoms with E-state index in [0.29, 0.717) is 5.92 Å². The van der Waals surface area contributed by atoms with Crippen LogP contribution in [0.5, 0.6) is 0 Å². The van der Waals surface area contributed by atoms with E-state index in [2.05, 4.69) is 67.3 Å². The molecule has 0 radical (unpaired) electrons. The molecule has 4 N–H and O–H groups in total. The lowest BCUT2D eigenvalue weighted by atomic mass is 10.0. The van der Waals surface area contributed by atoms with Crippen molar-refractivity contribution in [3.8, 4) is 0 Å². The molecule has 0 fully saturated rings. The Kier molecular flexibility index (Phi) is 5.49. The van der Waals surface area contributed by atoms with Gasteiger partial charge in [0.2, 0.25) is 0 Å². The Bertz CT molecular complexity index is 674. The highest BCUT2D eigenvalue weighted by atomic mass is 31.0. The summed E-state index contributed by atoms with van der Waals surface area (Å²) >= 11 is 0. The minimum atomic E-state index is 0.200. The molecular weight excluding hydrogens is 299 g/mol. The zero-order valence-electron chi connectivity index (χ0n) is 14.6. The minimum Gasteiger partial charge on any atom is -0.399 e. The highest BCUT2D eigenvalue weighted by molar-refractivity contribution is 7.18. The summed E-state index contributed by atoms with van der Waals surface area (Å²) in [6, 6.07) is 14.9. The van der Waals surface area contributed by atoms with Crippen molar-refractivity contribution in [3.05, 3.63) is 64.7 Å². The van der Waals surface area contributed by atoms with Gasteiger partial charge in [0.15, 0.2) is 0 Å². The molecule has 3 atom stereocenters. The number of nitrogens with two attached hydrogens (primary N) is 2. The zero-order valence-corrected chi connectivity index (χ0v) is 15.8. The monoisotopic (exact) mass is 328 g/mol. The molecule has 0 aromatic heterocycles. The fourth-order valence-electron chi connectivity index (χ4n) is 3.04. The van der Waals surface area contributed by atoms with Gasteiger partial charge in [0.05, 0.1) is 0 Å². The average molecular weight is 328 g/mol. The molecule has 0 aliphatic heterocycles. The molecule has 3 unspecified atom stereocenters. The highest BCUT2D eigenvalue weighted by Crippen LogP contribution is 2.39. The normalized spacial score (nSPS) is 19.7. The SMILES string of the molecule is CC1CC(N)c2ccc(N)cc21.Cc1cccc(C(C)(C)P)c1. The second-order valence-corrected chi connectivity index (χ2v) is 8.67. The lowest BCUT2D eigenvalue weighted by Crippen LogP contribution is -2.05. The van der Waals surface area contributed by atoms with Crippen LogP contribution in [-0.4, -0.2) is 0 Å². The predicted octanol–water partition coefficient (Wildman–Crippen LogP) is 4.88. The minimum absolute atomic E-state index is 0.200. The van der Waals surface area contributed by atoms with Gasteiger partial charge in [-0.3, -0.25) is 0 Å². The second-order valence-electron chi connectivity index (χ2n) is 7.22. The fraction of sp³-hybridized carbons (Fsp3) is 0.400. The number of nitrogen functional groups attached to an aromatic ring is 1. The van der Waals surface area contributed by atoms with E-state index in [1.54, 1.807) is 0 Å². The molecule has 0 amide bonds. The van der Waals surface area contributed by atoms with E-state index < -0.39 is 0 Å². The first-order valence-corrected chi connectivity index (χ1v) is 8.77. The first-order chi connectivity index (χ1) is 10.7. The van der Waals surface area contributed by atoms with Gasteiger partial charge in [-0.25, -0.2) is 0 Å². The van der Waals surface area contributed by atoms with Gasteiger partial charge in [0.1, 0.15) is 0 Å². The maximum Gasteiger partial charge on any atom is 0.0317 e. The molecule has 0 bridgehead atoms. The third kappa shape index (κ3) is 4.56. The van der Waals surface area contributed by atoms with E-state index >= 15 is 0 Å². The van der Waals surface area contributed by atoms with E-state index in [0.717, 1.165) is 12.1 Å². The Hall–Kier alpha value is -1.37. The summed E-state index contributed by atoms with van der Waals surface area (Å²) in [6.45, 7) is 8.73. The first kappa shape index (κ1) is 18.0. The van der Waals surface area contributed by atoms with Crippen LogP contribution in [0.25, 0.3) is 0 Å². The molecule has 23 heavy (non-hydrogen) atoms. The first-order valence-electron chi connectivity index (χ1n) is 8.19. The van der Waals surface area contributed by atoms with Crippen LogP contribution in [0.15, 0.2) is 42.5 Å². The number of benzene rings is 2. The molecular formula is C20H29N2P. The van der Waals surface area contributed by atoms with E-state index in [1.807, 2.05) is 12.1 Å². The van der Waals surface area contributed by atoms with Crippen LogP contribution in [0, 0.1) is 6.92 Å². The summed E-state index contributed by atoms with van der Waals surface area (Å²) in [5.74, 6) is 0.568. The smallest absolute Gasteiger partial charge is 0.0317 e. The van der Waals surface area contributed by atoms with E-state index in [4.69, 9.17) is 11.5 Å². The summed E-state index contributed by atoms with van der Waals surface area (Å²) in [6.07, 6.45) is 1.05. The van der Waals surface area contributed by atoms with Crippen molar-refractivity contribution >= 4 is 14.9 Å². The number of rotatable bonds is 1. The van der Waals surface area contributed by atoms with Crippen LogP contribution in [-0.2, 0) is 5.16 Å². The van der Waals surface area contributed by atoms with Crippen LogP contribution in [0.4, 0.5) is 5.69 Å². The number of fused-ring (bicyclic) bond motifs is 1. The lowest BCUT2D eigenvalue weighted by Gasteiger charge is -2.18. The molecule has 3 heteroatoms. The fourth-order valence-corrected chi connectivity index (χ4v) is 3.22. The number of hydrogen-bond donors (Lipinski definition) is 2. The Morgan fingerprint density at radius 3 is 2.35 bits per heavy atom. The molecule has 0 saturated carbocycles. The standard InChI is InChI=1S/C10H14N2.C10H15P/c1-6-4-10(12)8-3-2-7(11)5-9(6)8;1-8-5-4-6-9(7-8)10(2,3)11/h2-3,5-6,10H,4,11-12H2,1H3;4-7H,11H2,1-3H3. The Morgan fingerprint density at radius 1 is 1.09 bits per heavy atom. The quantitative estimate of drug-likeness (QED) is 0.579. The second kappa shape index (κ2) is 7.03. The third-order valence-electron chi connectivity index (χ3n) is 4.41. The Balaban J connectivity index is 0.000000168. The van der Waals surface area contributed by atoms with Gasteiger partial charge in [0, 0.05) is 16.9 Å². The van der Waals surface area contributed by atoms with Crippen molar-refractivity contribution < 1.29 is 0 Å². The van der Waals surface area contributed by atoms with Crippen molar-refractivity contribution in [2.45, 2.75) is 51.2 Å². The topological polar surface area (TPSA) is 52.0 Å². The third-order valence-corrected chi connectivity index (χ3v) is 4.74. The summed E-state index contributed by atoms with van der Waals surface area (Å²) in [5.41, 5.74) is 17.8. The molecule has 0 spiro atoms. The molecule has 2 aromatic carbocycles. The van der Waals surface area contributed by atoms with E-state index in [-0.39, 0.29) is 11.2 Å². The van der Waals surface area contributed by atoms with Crippen molar-refractivity contribution in [2.24, 2.45) is 5.73 Å². The van der Waals surface area contributed by atoms with Gasteiger partial charge in [-0.2, -0.15) is 0 Å². The number of anilines is 1. The maximum atomic E-state index is 5.95. The number of aryl methyl sites for hydroxylation is 1. The summed E-state index contributed by atoms with van der Waals surface area (Å²) in [4.78, 5) is 0. The Labute approximate surface area is 142 Å². The highest BCUT2D eigenvalue weighted by Gasteiger charge is 2.24. The molecule has 1 aliphatic rings. The predicted molar refractivity (Wildman–Crippen MR) is 105 cm³/mol. The van der Waals surface area contributed by atoms with Gasteiger partial charge in [-0.05, 0) is 48.1 Å². The van der Waals surface area contributed by atoms with Crippen molar-refractivity contribution in [1.82, 2.24) is 0 Å². The maximum absolute atomic E-state index is 5.95. The average Bonchev–Trinajstić information content (AvgIpc) is 2.73. The molecule has 2 aromatic rings. The van der Waals surface area contributed by atoms with Crippen LogP contribution in [0.3, 0.4) is 0 Å². The largest absolute Gasteiger partial charge is 0.399 e. The van der Waals surface area contributed by atoms with Gasteiger partial charge in [-0.15, -0.1) is 9.24 Å². The Morgan fingerprint density at radius 2 is 1.78 bits per heavy atom. The molecule has 1 aliphatic carbocycles. The lowest BCUT2D eigenvalue weighted by molar-refractivity contribution is 0.640. The van der Waals surface area contributed by atoms with E-state index in [1.165, 1.54) is 22.3 Å². The zero-order chi connectivity index (χ0) is 17.2. The molecule has 0 saturated heterocycles. The van der Waals surface area contributed by atoms with Crippen molar-refractivity contribution in [3.63, 3.8) is 0 Å². The van der Waals surface area contributed by atoms with Gasteiger partial charge < -0.3 is 11.5 Å². The van der Waals surface area contributed by atoms with Crippen molar-refractivity contribution in [1.29, 1.82) is 0 Å². The van der Waals surface area contributed by atoms with Crippen LogP contribution < -0.4 is 11.5 Å².